The number of H-pyrrole nitrogens is 1. The van der Waals surface area contributed by atoms with Crippen LogP contribution in [0.5, 0.6) is 17.2 Å². The Labute approximate surface area is 166 Å². The number of nitrogens with zero attached hydrogens (tertiary/aromatic N) is 3. The zero-order valence-electron chi connectivity index (χ0n) is 14.9. The summed E-state index contributed by atoms with van der Waals surface area (Å²) in [6.45, 7) is 0. The Morgan fingerprint density at radius 3 is 2.41 bits per heavy atom. The molecule has 0 fully saturated rings. The summed E-state index contributed by atoms with van der Waals surface area (Å²) in [7, 11) is 4.69. The van der Waals surface area contributed by atoms with Crippen molar-refractivity contribution in [3.05, 3.63) is 51.8 Å². The zero-order chi connectivity index (χ0) is 19.4. The third kappa shape index (κ3) is 3.81. The van der Waals surface area contributed by atoms with Gasteiger partial charge in [-0.1, -0.05) is 23.7 Å². The molecule has 9 heteroatoms. The van der Waals surface area contributed by atoms with Crippen LogP contribution in [0.2, 0.25) is 5.02 Å². The fraction of sp³-hybridized carbons (Fsp3) is 0.167. The minimum atomic E-state index is 0.334. The van der Waals surface area contributed by atoms with Crippen LogP contribution in [0.3, 0.4) is 0 Å². The summed E-state index contributed by atoms with van der Waals surface area (Å²) in [6, 6.07) is 10.8. The lowest BCUT2D eigenvalue weighted by atomic mass is 10.2. The van der Waals surface area contributed by atoms with Gasteiger partial charge in [0.1, 0.15) is 5.75 Å². The van der Waals surface area contributed by atoms with E-state index in [0.717, 1.165) is 0 Å². The quantitative estimate of drug-likeness (QED) is 0.493. The number of benzene rings is 2. The van der Waals surface area contributed by atoms with Crippen LogP contribution in [-0.4, -0.2) is 42.4 Å². The van der Waals surface area contributed by atoms with Gasteiger partial charge in [0.05, 0.1) is 32.6 Å². The first-order chi connectivity index (χ1) is 13.1. The Morgan fingerprint density at radius 2 is 1.74 bits per heavy atom. The average molecular weight is 405 g/mol. The maximum Gasteiger partial charge on any atom is 0.216 e. The van der Waals surface area contributed by atoms with Crippen molar-refractivity contribution in [3.63, 3.8) is 0 Å². The molecule has 27 heavy (non-hydrogen) atoms. The molecule has 0 aliphatic rings. The van der Waals surface area contributed by atoms with E-state index in [9.17, 15) is 0 Å². The van der Waals surface area contributed by atoms with Crippen molar-refractivity contribution in [3.8, 4) is 28.6 Å². The molecule has 3 rings (SSSR count). The number of rotatable bonds is 6. The Kier molecular flexibility index (Phi) is 5.78. The normalized spacial score (nSPS) is 11.0. The Bertz CT molecular complexity index is 1050. The second-order valence-electron chi connectivity index (χ2n) is 5.34. The molecule has 2 aromatic carbocycles. The molecule has 0 atom stereocenters. The van der Waals surface area contributed by atoms with Gasteiger partial charge in [-0.05, 0) is 30.4 Å². The van der Waals surface area contributed by atoms with E-state index in [1.54, 1.807) is 45.7 Å². The third-order valence-corrected chi connectivity index (χ3v) is 4.41. The van der Waals surface area contributed by atoms with Gasteiger partial charge in [-0.25, -0.2) is 5.10 Å². The number of nitrogens with one attached hydrogen (secondary N) is 1. The predicted octanol–water partition coefficient (Wildman–Crippen LogP) is 4.17. The number of aromatic amines is 1. The number of hydrogen-bond donors (Lipinski definition) is 1. The number of hydrogen-bond acceptors (Lipinski definition) is 6. The summed E-state index contributed by atoms with van der Waals surface area (Å²) >= 11 is 11.6. The highest BCUT2D eigenvalue weighted by Crippen LogP contribution is 2.34. The van der Waals surface area contributed by atoms with E-state index >= 15 is 0 Å². The van der Waals surface area contributed by atoms with Crippen molar-refractivity contribution < 1.29 is 14.2 Å². The molecule has 0 amide bonds. The van der Waals surface area contributed by atoms with Gasteiger partial charge in [-0.2, -0.15) is 14.9 Å². The standard InChI is InChI=1S/C18H17ClN4O3S/c1-24-14-9-16(26-3)15(25-2)8-11(14)10-20-23-17(21-22-18(23)27)12-6-4-5-7-13(12)19/h4-10H,1-3H3,(H,22,27)/b20-10-. The van der Waals surface area contributed by atoms with Gasteiger partial charge in [-0.15, -0.1) is 0 Å². The van der Waals surface area contributed by atoms with Crippen molar-refractivity contribution >= 4 is 30.0 Å². The van der Waals surface area contributed by atoms with Crippen molar-refractivity contribution in [2.75, 3.05) is 21.3 Å². The van der Waals surface area contributed by atoms with E-state index in [1.807, 2.05) is 18.2 Å². The topological polar surface area (TPSA) is 73.7 Å². The SMILES string of the molecule is COc1cc(OC)c(OC)cc1/C=N\n1c(-c2ccccc2Cl)n[nH]c1=S. The van der Waals surface area contributed by atoms with E-state index in [1.165, 1.54) is 4.68 Å². The monoisotopic (exact) mass is 404 g/mol. The van der Waals surface area contributed by atoms with Gasteiger partial charge in [0, 0.05) is 17.2 Å². The second kappa shape index (κ2) is 8.24. The molecular weight excluding hydrogens is 388 g/mol. The molecule has 0 spiro atoms. The van der Waals surface area contributed by atoms with Crippen LogP contribution in [0.4, 0.5) is 0 Å². The van der Waals surface area contributed by atoms with E-state index in [2.05, 4.69) is 15.3 Å². The first kappa shape index (κ1) is 18.9. The lowest BCUT2D eigenvalue weighted by Gasteiger charge is -2.11. The fourth-order valence-corrected chi connectivity index (χ4v) is 2.89. The van der Waals surface area contributed by atoms with Crippen molar-refractivity contribution in [2.45, 2.75) is 0 Å². The predicted molar refractivity (Wildman–Crippen MR) is 107 cm³/mol. The molecule has 0 radical (unpaired) electrons. The lowest BCUT2D eigenvalue weighted by Crippen LogP contribution is -1.99. The van der Waals surface area contributed by atoms with Gasteiger partial charge in [0.2, 0.25) is 4.77 Å². The molecule has 0 aliphatic carbocycles. The number of halogens is 1. The van der Waals surface area contributed by atoms with Gasteiger partial charge in [0.25, 0.3) is 0 Å². The molecule has 140 valence electrons. The largest absolute Gasteiger partial charge is 0.496 e. The Hall–Kier alpha value is -2.84. The number of aromatic nitrogens is 3. The minimum absolute atomic E-state index is 0.334. The summed E-state index contributed by atoms with van der Waals surface area (Å²) in [5.74, 6) is 2.19. The molecule has 0 saturated carbocycles. The summed E-state index contributed by atoms with van der Waals surface area (Å²) in [5, 5.41) is 12.0. The van der Waals surface area contributed by atoms with Crippen LogP contribution in [-0.2, 0) is 0 Å². The third-order valence-electron chi connectivity index (χ3n) is 3.81. The van der Waals surface area contributed by atoms with Gasteiger partial charge in [0.15, 0.2) is 17.3 Å². The van der Waals surface area contributed by atoms with Crippen LogP contribution in [0, 0.1) is 4.77 Å². The van der Waals surface area contributed by atoms with Crippen LogP contribution in [0.15, 0.2) is 41.5 Å². The molecule has 7 nitrogen and oxygen atoms in total. The lowest BCUT2D eigenvalue weighted by molar-refractivity contribution is 0.349. The molecule has 3 aromatic rings. The fourth-order valence-electron chi connectivity index (χ4n) is 2.49. The highest BCUT2D eigenvalue weighted by molar-refractivity contribution is 7.71. The van der Waals surface area contributed by atoms with Crippen LogP contribution in [0.25, 0.3) is 11.4 Å². The molecule has 1 aromatic heterocycles. The van der Waals surface area contributed by atoms with Crippen molar-refractivity contribution in [1.82, 2.24) is 14.9 Å². The van der Waals surface area contributed by atoms with Crippen LogP contribution >= 0.6 is 23.8 Å². The molecule has 0 aliphatic heterocycles. The van der Waals surface area contributed by atoms with Gasteiger partial charge >= 0.3 is 0 Å². The number of ether oxygens (including phenoxy) is 3. The molecule has 0 unspecified atom stereocenters. The Balaban J connectivity index is 2.07. The highest BCUT2D eigenvalue weighted by Gasteiger charge is 2.13. The highest BCUT2D eigenvalue weighted by atomic mass is 35.5. The van der Waals surface area contributed by atoms with Gasteiger partial charge in [-0.3, -0.25) is 0 Å². The number of methoxy groups -OCH3 is 3. The average Bonchev–Trinajstić information content (AvgIpc) is 3.06. The maximum absolute atomic E-state index is 6.27. The minimum Gasteiger partial charge on any atom is -0.496 e. The maximum atomic E-state index is 6.27. The van der Waals surface area contributed by atoms with E-state index in [0.29, 0.717) is 44.0 Å². The van der Waals surface area contributed by atoms with Crippen molar-refractivity contribution in [1.29, 1.82) is 0 Å². The summed E-state index contributed by atoms with van der Waals surface area (Å²) in [6.07, 6.45) is 1.60. The summed E-state index contributed by atoms with van der Waals surface area (Å²) in [4.78, 5) is 0. The van der Waals surface area contributed by atoms with E-state index < -0.39 is 0 Å². The van der Waals surface area contributed by atoms with Crippen LogP contribution < -0.4 is 14.2 Å². The first-order valence-corrected chi connectivity index (χ1v) is 8.64. The second-order valence-corrected chi connectivity index (χ2v) is 6.13. The van der Waals surface area contributed by atoms with Crippen LogP contribution in [0.1, 0.15) is 5.56 Å². The molecule has 1 heterocycles. The van der Waals surface area contributed by atoms with E-state index in [4.69, 9.17) is 38.0 Å². The first-order valence-electron chi connectivity index (χ1n) is 7.85. The molecule has 0 bridgehead atoms. The molecular formula is C18H17ClN4O3S. The Morgan fingerprint density at radius 1 is 1.07 bits per heavy atom. The zero-order valence-corrected chi connectivity index (χ0v) is 16.5. The van der Waals surface area contributed by atoms with Gasteiger partial charge < -0.3 is 14.2 Å². The summed E-state index contributed by atoms with van der Waals surface area (Å²) < 4.78 is 17.9. The summed E-state index contributed by atoms with van der Waals surface area (Å²) in [5.41, 5.74) is 1.39. The van der Waals surface area contributed by atoms with E-state index in [-0.39, 0.29) is 0 Å². The smallest absolute Gasteiger partial charge is 0.216 e. The molecule has 1 N–H and O–H groups in total. The molecule has 0 saturated heterocycles. The van der Waals surface area contributed by atoms with Crippen molar-refractivity contribution in [2.24, 2.45) is 5.10 Å².